The van der Waals surface area contributed by atoms with Gasteiger partial charge in [0, 0.05) is 17.7 Å². The lowest BCUT2D eigenvalue weighted by molar-refractivity contribution is 0.432. The molecule has 2 heterocycles. The second-order valence-electron chi connectivity index (χ2n) is 6.41. The molecule has 2 aromatic carbocycles. The third-order valence-corrected chi connectivity index (χ3v) is 4.70. The number of nitrogens with zero attached hydrogens (tertiary/aromatic N) is 4. The van der Waals surface area contributed by atoms with Crippen LogP contribution < -0.4 is 5.56 Å². The molecule has 0 N–H and O–H groups in total. The predicted octanol–water partition coefficient (Wildman–Crippen LogP) is 4.62. The van der Waals surface area contributed by atoms with Gasteiger partial charge in [0.1, 0.15) is 11.5 Å². The Morgan fingerprint density at radius 3 is 2.68 bits per heavy atom. The molecule has 0 fully saturated rings. The Morgan fingerprint density at radius 2 is 1.93 bits per heavy atom. The van der Waals surface area contributed by atoms with Crippen LogP contribution in [0, 0.1) is 12.7 Å². The molecule has 0 spiro atoms. The summed E-state index contributed by atoms with van der Waals surface area (Å²) >= 11 is 5.82. The highest BCUT2D eigenvalue weighted by Crippen LogP contribution is 2.27. The van der Waals surface area contributed by atoms with E-state index in [1.165, 1.54) is 18.2 Å². The summed E-state index contributed by atoms with van der Waals surface area (Å²) in [5, 5.41) is 3.98. The second-order valence-corrected chi connectivity index (χ2v) is 6.82. The Balaban J connectivity index is 1.78. The Hall–Kier alpha value is -3.06. The molecule has 0 unspecified atom stereocenters. The van der Waals surface area contributed by atoms with Crippen LogP contribution in [0.25, 0.3) is 33.9 Å². The maximum Gasteiger partial charge on any atom is 0.272 e. The summed E-state index contributed by atoms with van der Waals surface area (Å²) in [6.07, 6.45) is 0.842. The number of rotatable bonds is 4. The van der Waals surface area contributed by atoms with Crippen molar-refractivity contribution in [1.82, 2.24) is 19.7 Å². The van der Waals surface area contributed by atoms with E-state index in [0.717, 1.165) is 11.9 Å². The van der Waals surface area contributed by atoms with Gasteiger partial charge in [-0.15, -0.1) is 0 Å². The summed E-state index contributed by atoms with van der Waals surface area (Å²) in [5.74, 6) is 0.0846. The number of hydrogen-bond acceptors (Lipinski definition) is 5. The number of halogens is 2. The molecule has 2 aromatic heterocycles. The van der Waals surface area contributed by atoms with Crippen molar-refractivity contribution in [3.63, 3.8) is 0 Å². The summed E-state index contributed by atoms with van der Waals surface area (Å²) in [6.45, 7) is 4.34. The van der Waals surface area contributed by atoms with Gasteiger partial charge in [0.15, 0.2) is 0 Å². The molecule has 0 radical (unpaired) electrons. The van der Waals surface area contributed by atoms with Crippen LogP contribution >= 0.6 is 11.6 Å². The smallest absolute Gasteiger partial charge is 0.272 e. The van der Waals surface area contributed by atoms with Gasteiger partial charge in [0.2, 0.25) is 5.82 Å². The molecule has 4 rings (SSSR count). The van der Waals surface area contributed by atoms with E-state index in [1.807, 2.05) is 25.1 Å². The van der Waals surface area contributed by atoms with Crippen LogP contribution in [-0.4, -0.2) is 19.7 Å². The number of hydrogen-bond donors (Lipinski definition) is 0. The minimum absolute atomic E-state index is 0.0171. The molecule has 0 aliphatic heterocycles. The van der Waals surface area contributed by atoms with Crippen molar-refractivity contribution >= 4 is 22.6 Å². The SMILES string of the molecule is CCCn1c(=O)c(C)nc2cc(-c3noc(-c4ccc(F)c(Cl)c4)n3)ccc21. The van der Waals surface area contributed by atoms with Gasteiger partial charge in [-0.25, -0.2) is 9.37 Å². The van der Waals surface area contributed by atoms with E-state index in [0.29, 0.717) is 34.7 Å². The molecule has 0 bridgehead atoms. The lowest BCUT2D eigenvalue weighted by Crippen LogP contribution is -2.24. The van der Waals surface area contributed by atoms with Gasteiger partial charge in [0.05, 0.1) is 16.1 Å². The maximum absolute atomic E-state index is 13.4. The van der Waals surface area contributed by atoms with Gasteiger partial charge in [-0.1, -0.05) is 23.7 Å². The average molecular weight is 399 g/mol. The van der Waals surface area contributed by atoms with E-state index in [2.05, 4.69) is 15.1 Å². The quantitative estimate of drug-likeness (QED) is 0.501. The van der Waals surface area contributed by atoms with Gasteiger partial charge in [0.25, 0.3) is 11.4 Å². The predicted molar refractivity (Wildman–Crippen MR) is 105 cm³/mol. The second kappa shape index (κ2) is 7.16. The highest BCUT2D eigenvalue weighted by molar-refractivity contribution is 6.31. The van der Waals surface area contributed by atoms with E-state index in [-0.39, 0.29) is 16.5 Å². The van der Waals surface area contributed by atoms with E-state index in [1.54, 1.807) is 11.5 Å². The summed E-state index contributed by atoms with van der Waals surface area (Å²) < 4.78 is 20.4. The first-order valence-corrected chi connectivity index (χ1v) is 9.16. The van der Waals surface area contributed by atoms with Crippen molar-refractivity contribution in [2.45, 2.75) is 26.8 Å². The van der Waals surface area contributed by atoms with E-state index < -0.39 is 5.82 Å². The van der Waals surface area contributed by atoms with Crippen LogP contribution in [0.1, 0.15) is 19.0 Å². The molecule has 0 saturated carbocycles. The summed E-state index contributed by atoms with van der Waals surface area (Å²) in [5.41, 5.74) is 3.01. The first kappa shape index (κ1) is 18.3. The van der Waals surface area contributed by atoms with Crippen LogP contribution in [0.3, 0.4) is 0 Å². The van der Waals surface area contributed by atoms with Crippen LogP contribution in [0.5, 0.6) is 0 Å². The fourth-order valence-electron chi connectivity index (χ4n) is 3.05. The summed E-state index contributed by atoms with van der Waals surface area (Å²) in [7, 11) is 0. The average Bonchev–Trinajstić information content (AvgIpc) is 3.17. The topological polar surface area (TPSA) is 73.8 Å². The van der Waals surface area contributed by atoms with E-state index in [9.17, 15) is 9.18 Å². The Morgan fingerprint density at radius 1 is 1.14 bits per heavy atom. The Kier molecular flexibility index (Phi) is 4.68. The largest absolute Gasteiger partial charge is 0.334 e. The highest BCUT2D eigenvalue weighted by atomic mass is 35.5. The van der Waals surface area contributed by atoms with Crippen molar-refractivity contribution in [1.29, 1.82) is 0 Å². The molecule has 0 saturated heterocycles. The standard InChI is InChI=1S/C20H16ClFN4O2/c1-3-8-26-17-7-5-12(10-16(17)23-11(2)20(26)27)18-24-19(28-25-18)13-4-6-15(22)14(21)9-13/h4-7,9-10H,3,8H2,1-2H3. The van der Waals surface area contributed by atoms with Crippen molar-refractivity contribution in [3.05, 3.63) is 63.3 Å². The molecule has 28 heavy (non-hydrogen) atoms. The van der Waals surface area contributed by atoms with Crippen LogP contribution in [0.4, 0.5) is 4.39 Å². The lowest BCUT2D eigenvalue weighted by atomic mass is 10.1. The number of aryl methyl sites for hydroxylation is 2. The Bertz CT molecular complexity index is 1250. The normalized spacial score (nSPS) is 11.3. The van der Waals surface area contributed by atoms with Crippen molar-refractivity contribution < 1.29 is 8.91 Å². The Labute approximate surface area is 164 Å². The van der Waals surface area contributed by atoms with Gasteiger partial charge in [-0.2, -0.15) is 4.98 Å². The molecule has 0 aliphatic carbocycles. The third kappa shape index (κ3) is 3.18. The molecular formula is C20H16ClFN4O2. The molecule has 0 aliphatic rings. The van der Waals surface area contributed by atoms with Crippen molar-refractivity contribution in [2.75, 3.05) is 0 Å². The summed E-state index contributed by atoms with van der Waals surface area (Å²) in [6, 6.07) is 9.67. The zero-order valence-electron chi connectivity index (χ0n) is 15.2. The van der Waals surface area contributed by atoms with Gasteiger partial charge in [-0.05, 0) is 49.7 Å². The zero-order chi connectivity index (χ0) is 19.8. The number of aromatic nitrogens is 4. The molecule has 6 nitrogen and oxygen atoms in total. The molecule has 142 valence electrons. The molecule has 0 amide bonds. The lowest BCUT2D eigenvalue weighted by Gasteiger charge is -2.10. The van der Waals surface area contributed by atoms with Crippen LogP contribution in [0.2, 0.25) is 5.02 Å². The fraction of sp³-hybridized carbons (Fsp3) is 0.200. The van der Waals surface area contributed by atoms with Crippen LogP contribution in [-0.2, 0) is 6.54 Å². The molecule has 8 heteroatoms. The zero-order valence-corrected chi connectivity index (χ0v) is 16.0. The van der Waals surface area contributed by atoms with Crippen LogP contribution in [0.15, 0.2) is 45.7 Å². The first-order chi connectivity index (χ1) is 13.5. The minimum atomic E-state index is -0.515. The van der Waals surface area contributed by atoms with E-state index in [4.69, 9.17) is 16.1 Å². The highest BCUT2D eigenvalue weighted by Gasteiger charge is 2.14. The van der Waals surface area contributed by atoms with Gasteiger partial charge >= 0.3 is 0 Å². The number of benzene rings is 2. The van der Waals surface area contributed by atoms with Gasteiger partial charge < -0.3 is 9.09 Å². The van der Waals surface area contributed by atoms with Gasteiger partial charge in [-0.3, -0.25) is 4.79 Å². The fourth-order valence-corrected chi connectivity index (χ4v) is 3.23. The molecule has 4 aromatic rings. The maximum atomic E-state index is 13.4. The monoisotopic (exact) mass is 398 g/mol. The van der Waals surface area contributed by atoms with Crippen molar-refractivity contribution in [2.24, 2.45) is 0 Å². The first-order valence-electron chi connectivity index (χ1n) is 8.78. The summed E-state index contributed by atoms with van der Waals surface area (Å²) in [4.78, 5) is 21.1. The third-order valence-electron chi connectivity index (χ3n) is 4.41. The van der Waals surface area contributed by atoms with Crippen molar-refractivity contribution in [3.8, 4) is 22.8 Å². The number of fused-ring (bicyclic) bond motifs is 1. The minimum Gasteiger partial charge on any atom is -0.334 e. The van der Waals surface area contributed by atoms with E-state index >= 15 is 0 Å². The molecule has 0 atom stereocenters. The molecular weight excluding hydrogens is 383 g/mol.